The summed E-state index contributed by atoms with van der Waals surface area (Å²) >= 11 is 0. The average molecular weight is 328 g/mol. The Kier molecular flexibility index (Phi) is 6.35. The molecule has 0 aliphatic heterocycles. The number of nitrogens with zero attached hydrogens (tertiary/aromatic N) is 2. The van der Waals surface area contributed by atoms with Crippen LogP contribution in [0.5, 0.6) is 0 Å². The van der Waals surface area contributed by atoms with E-state index >= 15 is 0 Å². The van der Waals surface area contributed by atoms with Gasteiger partial charge in [0.05, 0.1) is 0 Å². The maximum absolute atomic E-state index is 12.6. The lowest BCUT2D eigenvalue weighted by atomic mass is 10.1. The van der Waals surface area contributed by atoms with Gasteiger partial charge >= 0.3 is 6.03 Å². The summed E-state index contributed by atoms with van der Waals surface area (Å²) in [5.74, 6) is 0. The highest BCUT2D eigenvalue weighted by Gasteiger charge is 2.17. The molecule has 0 bridgehead atoms. The Balaban J connectivity index is 2.08. The predicted octanol–water partition coefficient (Wildman–Crippen LogP) is 2.45. The van der Waals surface area contributed by atoms with Crippen molar-refractivity contribution in [2.24, 2.45) is 0 Å². The van der Waals surface area contributed by atoms with Crippen molar-refractivity contribution in [1.82, 2.24) is 0 Å². The summed E-state index contributed by atoms with van der Waals surface area (Å²) in [6, 6.07) is 15.0. The van der Waals surface area contributed by atoms with Gasteiger partial charge in [0.25, 0.3) is 0 Å². The minimum absolute atomic E-state index is 0.114. The Morgan fingerprint density at radius 1 is 0.750 bits per heavy atom. The van der Waals surface area contributed by atoms with Gasteiger partial charge in [0, 0.05) is 38.7 Å². The number of anilines is 2. The summed E-state index contributed by atoms with van der Waals surface area (Å²) in [5.41, 5.74) is 3.67. The SMILES string of the molecule is CN(C(=O)N(C)c1ccc(CCO)cc1)c1ccc(CCO)cc1. The molecular formula is C19H24N2O3. The third-order valence-electron chi connectivity index (χ3n) is 4.02. The van der Waals surface area contributed by atoms with E-state index in [1.807, 2.05) is 48.5 Å². The van der Waals surface area contributed by atoms with E-state index in [0.29, 0.717) is 12.8 Å². The van der Waals surface area contributed by atoms with Crippen molar-refractivity contribution in [2.75, 3.05) is 37.1 Å². The van der Waals surface area contributed by atoms with Gasteiger partial charge in [0.1, 0.15) is 0 Å². The highest BCUT2D eigenvalue weighted by Crippen LogP contribution is 2.20. The third kappa shape index (κ3) is 4.34. The number of aliphatic hydroxyl groups is 2. The molecule has 2 rings (SSSR count). The number of hydrogen-bond acceptors (Lipinski definition) is 3. The van der Waals surface area contributed by atoms with Crippen molar-refractivity contribution >= 4 is 17.4 Å². The second kappa shape index (κ2) is 8.47. The number of rotatable bonds is 6. The van der Waals surface area contributed by atoms with Crippen molar-refractivity contribution in [1.29, 1.82) is 0 Å². The second-order valence-corrected chi connectivity index (χ2v) is 5.68. The van der Waals surface area contributed by atoms with Crippen LogP contribution in [0.15, 0.2) is 48.5 Å². The van der Waals surface area contributed by atoms with Crippen molar-refractivity contribution in [2.45, 2.75) is 12.8 Å². The lowest BCUT2D eigenvalue weighted by Gasteiger charge is -2.25. The topological polar surface area (TPSA) is 64.0 Å². The number of urea groups is 1. The van der Waals surface area contributed by atoms with Gasteiger partial charge in [-0.15, -0.1) is 0 Å². The van der Waals surface area contributed by atoms with Crippen LogP contribution in [0, 0.1) is 0 Å². The van der Waals surface area contributed by atoms with Gasteiger partial charge in [-0.1, -0.05) is 24.3 Å². The maximum atomic E-state index is 12.6. The molecule has 0 aromatic heterocycles. The van der Waals surface area contributed by atoms with Crippen molar-refractivity contribution in [3.63, 3.8) is 0 Å². The molecule has 0 atom stereocenters. The Morgan fingerprint density at radius 3 is 1.38 bits per heavy atom. The van der Waals surface area contributed by atoms with Crippen LogP contribution in [-0.4, -0.2) is 43.6 Å². The van der Waals surface area contributed by atoms with Crippen LogP contribution in [0.1, 0.15) is 11.1 Å². The molecule has 24 heavy (non-hydrogen) atoms. The van der Waals surface area contributed by atoms with Gasteiger partial charge in [0.15, 0.2) is 0 Å². The van der Waals surface area contributed by atoms with E-state index < -0.39 is 0 Å². The van der Waals surface area contributed by atoms with E-state index in [0.717, 1.165) is 22.5 Å². The van der Waals surface area contributed by atoms with E-state index in [1.165, 1.54) is 0 Å². The molecule has 5 nitrogen and oxygen atoms in total. The highest BCUT2D eigenvalue weighted by molar-refractivity contribution is 6.02. The molecule has 0 aliphatic rings. The molecule has 0 fully saturated rings. The van der Waals surface area contributed by atoms with E-state index in [2.05, 4.69) is 0 Å². The Morgan fingerprint density at radius 2 is 1.08 bits per heavy atom. The van der Waals surface area contributed by atoms with Crippen molar-refractivity contribution in [3.05, 3.63) is 59.7 Å². The molecule has 0 spiro atoms. The number of carbonyl (C=O) groups is 1. The molecule has 5 heteroatoms. The standard InChI is InChI=1S/C19H24N2O3/c1-20(17-7-3-15(4-8-17)11-13-22)19(24)21(2)18-9-5-16(6-10-18)12-14-23/h3-10,22-23H,11-14H2,1-2H3. The first-order chi connectivity index (χ1) is 11.6. The molecule has 0 aliphatic carbocycles. The van der Waals surface area contributed by atoms with E-state index in [-0.39, 0.29) is 19.2 Å². The first-order valence-corrected chi connectivity index (χ1v) is 7.98. The van der Waals surface area contributed by atoms with Crippen LogP contribution in [-0.2, 0) is 12.8 Å². The molecule has 0 radical (unpaired) electrons. The molecule has 2 aromatic carbocycles. The molecule has 128 valence electrons. The number of hydrogen-bond donors (Lipinski definition) is 2. The average Bonchev–Trinajstić information content (AvgIpc) is 2.62. The van der Waals surface area contributed by atoms with Gasteiger partial charge in [-0.3, -0.25) is 9.80 Å². The van der Waals surface area contributed by atoms with Crippen LogP contribution in [0.2, 0.25) is 0 Å². The number of benzene rings is 2. The maximum Gasteiger partial charge on any atom is 0.328 e. The van der Waals surface area contributed by atoms with Crippen LogP contribution < -0.4 is 9.80 Å². The van der Waals surface area contributed by atoms with E-state index in [4.69, 9.17) is 10.2 Å². The molecule has 0 saturated carbocycles. The van der Waals surface area contributed by atoms with Gasteiger partial charge < -0.3 is 10.2 Å². The van der Waals surface area contributed by atoms with Gasteiger partial charge in [-0.2, -0.15) is 0 Å². The summed E-state index contributed by atoms with van der Waals surface area (Å²) < 4.78 is 0. The zero-order valence-corrected chi connectivity index (χ0v) is 14.1. The molecule has 2 amide bonds. The Bertz CT molecular complexity index is 596. The summed E-state index contributed by atoms with van der Waals surface area (Å²) in [5, 5.41) is 17.9. The number of aliphatic hydroxyl groups excluding tert-OH is 2. The third-order valence-corrected chi connectivity index (χ3v) is 4.02. The molecule has 0 unspecified atom stereocenters. The Hall–Kier alpha value is -2.37. The van der Waals surface area contributed by atoms with Crippen molar-refractivity contribution in [3.8, 4) is 0 Å². The predicted molar refractivity (Wildman–Crippen MR) is 96.7 cm³/mol. The largest absolute Gasteiger partial charge is 0.396 e. The monoisotopic (exact) mass is 328 g/mol. The van der Waals surface area contributed by atoms with Crippen LogP contribution in [0.25, 0.3) is 0 Å². The number of amides is 2. The fourth-order valence-electron chi connectivity index (χ4n) is 2.48. The highest BCUT2D eigenvalue weighted by atomic mass is 16.3. The summed E-state index contributed by atoms with van der Waals surface area (Å²) in [7, 11) is 3.47. The van der Waals surface area contributed by atoms with Crippen molar-refractivity contribution < 1.29 is 15.0 Å². The first-order valence-electron chi connectivity index (χ1n) is 7.98. The summed E-state index contributed by atoms with van der Waals surface area (Å²) in [4.78, 5) is 15.8. The Labute approximate surface area is 142 Å². The van der Waals surface area contributed by atoms with E-state index in [9.17, 15) is 4.79 Å². The van der Waals surface area contributed by atoms with Crippen LogP contribution >= 0.6 is 0 Å². The summed E-state index contributed by atoms with van der Waals surface area (Å²) in [6.45, 7) is 0.228. The smallest absolute Gasteiger partial charge is 0.328 e. The lowest BCUT2D eigenvalue weighted by molar-refractivity contribution is 0.253. The minimum Gasteiger partial charge on any atom is -0.396 e. The van der Waals surface area contributed by atoms with Crippen LogP contribution in [0.4, 0.5) is 16.2 Å². The second-order valence-electron chi connectivity index (χ2n) is 5.68. The summed E-state index contributed by atoms with van der Waals surface area (Å²) in [6.07, 6.45) is 1.22. The lowest BCUT2D eigenvalue weighted by Crippen LogP contribution is -2.38. The minimum atomic E-state index is -0.139. The normalized spacial score (nSPS) is 10.5. The van der Waals surface area contributed by atoms with E-state index in [1.54, 1.807) is 23.9 Å². The van der Waals surface area contributed by atoms with Gasteiger partial charge in [-0.25, -0.2) is 4.79 Å². The van der Waals surface area contributed by atoms with Gasteiger partial charge in [0.2, 0.25) is 0 Å². The fourth-order valence-corrected chi connectivity index (χ4v) is 2.48. The first kappa shape index (κ1) is 18.0. The fraction of sp³-hybridized carbons (Fsp3) is 0.316. The molecule has 0 saturated heterocycles. The number of carbonyl (C=O) groups excluding carboxylic acids is 1. The quantitative estimate of drug-likeness (QED) is 0.856. The molecular weight excluding hydrogens is 304 g/mol. The molecule has 2 aromatic rings. The molecule has 0 heterocycles. The zero-order chi connectivity index (χ0) is 17.5. The molecule has 2 N–H and O–H groups in total. The zero-order valence-electron chi connectivity index (χ0n) is 14.1. The van der Waals surface area contributed by atoms with Crippen LogP contribution in [0.3, 0.4) is 0 Å². The van der Waals surface area contributed by atoms with Gasteiger partial charge in [-0.05, 0) is 48.2 Å².